The normalized spacial score (nSPS) is 10.7. The molecule has 2 rings (SSSR count). The fourth-order valence-electron chi connectivity index (χ4n) is 2.03. The number of benzene rings is 1. The summed E-state index contributed by atoms with van der Waals surface area (Å²) in [6.07, 6.45) is 1.90. The molecule has 0 unspecified atom stereocenters. The lowest BCUT2D eigenvalue weighted by Crippen LogP contribution is -1.98. The zero-order valence-corrected chi connectivity index (χ0v) is 10.9. The van der Waals surface area contributed by atoms with Crippen molar-refractivity contribution in [2.75, 3.05) is 19.5 Å². The summed E-state index contributed by atoms with van der Waals surface area (Å²) in [6, 6.07) is 5.11. The molecule has 0 aliphatic carbocycles. The van der Waals surface area contributed by atoms with Gasteiger partial charge in [0, 0.05) is 29.9 Å². The van der Waals surface area contributed by atoms with Crippen LogP contribution in [-0.2, 0) is 6.42 Å². The topological polar surface area (TPSA) is 34.1 Å². The molecule has 18 heavy (non-hydrogen) atoms. The van der Waals surface area contributed by atoms with Gasteiger partial charge < -0.3 is 10.1 Å². The van der Waals surface area contributed by atoms with E-state index in [-0.39, 0.29) is 11.6 Å². The minimum Gasteiger partial charge on any atom is -0.494 e. The van der Waals surface area contributed by atoms with Crippen LogP contribution in [0.5, 0.6) is 5.75 Å². The van der Waals surface area contributed by atoms with Gasteiger partial charge in [-0.3, -0.25) is 4.98 Å². The summed E-state index contributed by atoms with van der Waals surface area (Å²) in [5.41, 5.74) is 2.57. The molecule has 0 amide bonds. The van der Waals surface area contributed by atoms with E-state index in [1.807, 2.05) is 13.1 Å². The standard InChI is InChI=1S/C14H17FN2O/c1-4-5-9-6-12(16-2)10-7-14(18-3)11(15)8-13(10)17-9/h6-8H,4-5H2,1-3H3,(H,16,17). The Hall–Kier alpha value is -1.84. The van der Waals surface area contributed by atoms with Gasteiger partial charge >= 0.3 is 0 Å². The van der Waals surface area contributed by atoms with Crippen LogP contribution in [0, 0.1) is 5.82 Å². The highest BCUT2D eigenvalue weighted by molar-refractivity contribution is 5.92. The highest BCUT2D eigenvalue weighted by atomic mass is 19.1. The number of ether oxygens (including phenoxy) is 1. The highest BCUT2D eigenvalue weighted by Crippen LogP contribution is 2.29. The molecule has 0 aliphatic heterocycles. The van der Waals surface area contributed by atoms with Gasteiger partial charge in [-0.05, 0) is 18.6 Å². The van der Waals surface area contributed by atoms with Crippen molar-refractivity contribution in [3.8, 4) is 5.75 Å². The smallest absolute Gasteiger partial charge is 0.167 e. The molecule has 0 spiro atoms. The Labute approximate surface area is 106 Å². The fraction of sp³-hybridized carbons (Fsp3) is 0.357. The molecule has 0 aliphatic rings. The zero-order chi connectivity index (χ0) is 13.1. The van der Waals surface area contributed by atoms with E-state index in [0.29, 0.717) is 5.52 Å². The molecule has 3 nitrogen and oxygen atoms in total. The summed E-state index contributed by atoms with van der Waals surface area (Å²) in [6.45, 7) is 2.10. The number of hydrogen-bond acceptors (Lipinski definition) is 3. The Balaban J connectivity index is 2.67. The number of anilines is 1. The Kier molecular flexibility index (Phi) is 3.65. The van der Waals surface area contributed by atoms with Crippen molar-refractivity contribution >= 4 is 16.6 Å². The maximum absolute atomic E-state index is 13.7. The van der Waals surface area contributed by atoms with Gasteiger partial charge in [0.1, 0.15) is 0 Å². The van der Waals surface area contributed by atoms with E-state index < -0.39 is 0 Å². The van der Waals surface area contributed by atoms with Gasteiger partial charge in [0.25, 0.3) is 0 Å². The number of rotatable bonds is 4. The van der Waals surface area contributed by atoms with Gasteiger partial charge in [0.2, 0.25) is 0 Å². The van der Waals surface area contributed by atoms with E-state index in [1.54, 1.807) is 6.07 Å². The van der Waals surface area contributed by atoms with Gasteiger partial charge in [-0.25, -0.2) is 4.39 Å². The molecule has 4 heteroatoms. The molecule has 1 aromatic carbocycles. The molecule has 0 saturated heterocycles. The van der Waals surface area contributed by atoms with Gasteiger partial charge in [-0.1, -0.05) is 13.3 Å². The third-order valence-electron chi connectivity index (χ3n) is 2.91. The van der Waals surface area contributed by atoms with E-state index in [4.69, 9.17) is 4.74 Å². The summed E-state index contributed by atoms with van der Waals surface area (Å²) in [7, 11) is 3.31. The molecular formula is C14H17FN2O. The maximum atomic E-state index is 13.7. The van der Waals surface area contributed by atoms with Crippen molar-refractivity contribution in [1.29, 1.82) is 0 Å². The molecule has 1 heterocycles. The summed E-state index contributed by atoms with van der Waals surface area (Å²) in [5.74, 6) is -0.141. The third kappa shape index (κ3) is 2.23. The first-order valence-electron chi connectivity index (χ1n) is 6.04. The lowest BCUT2D eigenvalue weighted by atomic mass is 10.1. The number of hydrogen-bond donors (Lipinski definition) is 1. The second-order valence-corrected chi connectivity index (χ2v) is 4.17. The molecule has 1 N–H and O–H groups in total. The van der Waals surface area contributed by atoms with Gasteiger partial charge in [0.15, 0.2) is 11.6 Å². The first-order valence-corrected chi connectivity index (χ1v) is 6.04. The summed E-state index contributed by atoms with van der Waals surface area (Å²) in [4.78, 5) is 4.47. The van der Waals surface area contributed by atoms with Crippen molar-refractivity contribution in [2.45, 2.75) is 19.8 Å². The molecule has 0 fully saturated rings. The van der Waals surface area contributed by atoms with Crippen LogP contribution < -0.4 is 10.1 Å². The van der Waals surface area contributed by atoms with E-state index in [0.717, 1.165) is 29.6 Å². The lowest BCUT2D eigenvalue weighted by molar-refractivity contribution is 0.387. The van der Waals surface area contributed by atoms with Crippen molar-refractivity contribution < 1.29 is 9.13 Å². The van der Waals surface area contributed by atoms with Crippen molar-refractivity contribution in [3.63, 3.8) is 0 Å². The monoisotopic (exact) mass is 248 g/mol. The van der Waals surface area contributed by atoms with E-state index in [2.05, 4.69) is 17.2 Å². The van der Waals surface area contributed by atoms with Gasteiger partial charge in [0.05, 0.1) is 12.6 Å². The predicted molar refractivity (Wildman–Crippen MR) is 71.8 cm³/mol. The average molecular weight is 248 g/mol. The van der Waals surface area contributed by atoms with Gasteiger partial charge in [-0.2, -0.15) is 0 Å². The van der Waals surface area contributed by atoms with E-state index in [9.17, 15) is 4.39 Å². The van der Waals surface area contributed by atoms with E-state index >= 15 is 0 Å². The Bertz CT molecular complexity index is 569. The number of halogens is 1. The minimum absolute atomic E-state index is 0.240. The third-order valence-corrected chi connectivity index (χ3v) is 2.91. The molecule has 0 saturated carbocycles. The predicted octanol–water partition coefficient (Wildman–Crippen LogP) is 3.38. The lowest BCUT2D eigenvalue weighted by Gasteiger charge is -2.10. The van der Waals surface area contributed by atoms with Crippen molar-refractivity contribution in [3.05, 3.63) is 29.7 Å². The SMILES string of the molecule is CCCc1cc(NC)c2cc(OC)c(F)cc2n1. The summed E-state index contributed by atoms with van der Waals surface area (Å²) < 4.78 is 18.7. The van der Waals surface area contributed by atoms with Crippen molar-refractivity contribution in [2.24, 2.45) is 0 Å². The molecule has 0 radical (unpaired) electrons. The fourth-order valence-corrected chi connectivity index (χ4v) is 2.03. The average Bonchev–Trinajstić information content (AvgIpc) is 2.37. The zero-order valence-electron chi connectivity index (χ0n) is 10.9. The number of fused-ring (bicyclic) bond motifs is 1. The molecule has 0 atom stereocenters. The largest absolute Gasteiger partial charge is 0.494 e. The van der Waals surface area contributed by atoms with Crippen LogP contribution in [0.2, 0.25) is 0 Å². The number of aromatic nitrogens is 1. The summed E-state index contributed by atoms with van der Waals surface area (Å²) >= 11 is 0. The van der Waals surface area contributed by atoms with Crippen LogP contribution in [0.3, 0.4) is 0 Å². The Morgan fingerprint density at radius 1 is 1.33 bits per heavy atom. The molecule has 2 aromatic rings. The second-order valence-electron chi connectivity index (χ2n) is 4.17. The Morgan fingerprint density at radius 2 is 2.11 bits per heavy atom. The van der Waals surface area contributed by atoms with Crippen molar-refractivity contribution in [1.82, 2.24) is 4.98 Å². The quantitative estimate of drug-likeness (QED) is 0.900. The molecular weight excluding hydrogens is 231 g/mol. The number of methoxy groups -OCH3 is 1. The van der Waals surface area contributed by atoms with Crippen LogP contribution in [-0.4, -0.2) is 19.1 Å². The molecule has 96 valence electrons. The maximum Gasteiger partial charge on any atom is 0.167 e. The number of nitrogens with zero attached hydrogens (tertiary/aromatic N) is 1. The van der Waals surface area contributed by atoms with Gasteiger partial charge in [-0.15, -0.1) is 0 Å². The Morgan fingerprint density at radius 3 is 2.72 bits per heavy atom. The van der Waals surface area contributed by atoms with Crippen LogP contribution in [0.1, 0.15) is 19.0 Å². The highest BCUT2D eigenvalue weighted by Gasteiger charge is 2.10. The number of aryl methyl sites for hydroxylation is 1. The molecule has 1 aromatic heterocycles. The van der Waals surface area contributed by atoms with Crippen LogP contribution >= 0.6 is 0 Å². The number of nitrogens with one attached hydrogen (secondary N) is 1. The minimum atomic E-state index is -0.381. The summed E-state index contributed by atoms with van der Waals surface area (Å²) in [5, 5.41) is 3.99. The first-order chi connectivity index (χ1) is 8.69. The van der Waals surface area contributed by atoms with E-state index in [1.165, 1.54) is 13.2 Å². The van der Waals surface area contributed by atoms with Crippen LogP contribution in [0.15, 0.2) is 18.2 Å². The van der Waals surface area contributed by atoms with Crippen LogP contribution in [0.25, 0.3) is 10.9 Å². The van der Waals surface area contributed by atoms with Crippen LogP contribution in [0.4, 0.5) is 10.1 Å². The second kappa shape index (κ2) is 5.21. The first kappa shape index (κ1) is 12.6. The molecule has 0 bridgehead atoms. The number of pyridine rings is 1.